The molecule has 5 heteroatoms. The number of carboxylic acid groups (broad SMARTS) is 1. The fourth-order valence-electron chi connectivity index (χ4n) is 0.777. The van der Waals surface area contributed by atoms with Gasteiger partial charge in [0.25, 0.3) is 0 Å². The van der Waals surface area contributed by atoms with E-state index >= 15 is 0 Å². The first kappa shape index (κ1) is 9.12. The lowest BCUT2D eigenvalue weighted by Gasteiger charge is -1.88. The lowest BCUT2D eigenvalue weighted by atomic mass is 10.2. The Morgan fingerprint density at radius 2 is 2.42 bits per heavy atom. The van der Waals surface area contributed by atoms with E-state index in [2.05, 4.69) is 16.3 Å². The van der Waals surface area contributed by atoms with Gasteiger partial charge in [0.2, 0.25) is 5.01 Å². The molecule has 1 aromatic rings. The number of aromatic nitrogens is 2. The van der Waals surface area contributed by atoms with Crippen LogP contribution in [0.25, 0.3) is 0 Å². The number of aromatic carboxylic acids is 1. The van der Waals surface area contributed by atoms with Crippen LogP contribution in [0.1, 0.15) is 35.4 Å². The number of hydrogen-bond acceptors (Lipinski definition) is 4. The summed E-state index contributed by atoms with van der Waals surface area (Å²) < 4.78 is 3.92. The van der Waals surface area contributed by atoms with Crippen molar-refractivity contribution < 1.29 is 9.90 Å². The molecule has 0 aliphatic rings. The first-order valence-corrected chi connectivity index (χ1v) is 4.57. The van der Waals surface area contributed by atoms with Crippen LogP contribution in [0.3, 0.4) is 0 Å². The summed E-state index contributed by atoms with van der Waals surface area (Å²) in [5.74, 6) is -0.338. The zero-order chi connectivity index (χ0) is 8.97. The second kappa shape index (κ2) is 4.15. The van der Waals surface area contributed by atoms with E-state index in [1.54, 1.807) is 0 Å². The predicted octanol–water partition coefficient (Wildman–Crippen LogP) is 1.58. The van der Waals surface area contributed by atoms with Gasteiger partial charge in [0.1, 0.15) is 5.82 Å². The number of hydrogen-bond donors (Lipinski definition) is 1. The smallest absolute Gasteiger partial charge is 0.366 e. The van der Waals surface area contributed by atoms with Gasteiger partial charge < -0.3 is 5.11 Å². The highest BCUT2D eigenvalue weighted by Gasteiger charge is 2.09. The highest BCUT2D eigenvalue weighted by atomic mass is 32.1. The molecule has 0 aliphatic heterocycles. The number of carbonyl (C=O) groups is 1. The van der Waals surface area contributed by atoms with Crippen molar-refractivity contribution in [3.63, 3.8) is 0 Å². The summed E-state index contributed by atoms with van der Waals surface area (Å²) >= 11 is 0.947. The Morgan fingerprint density at radius 1 is 1.67 bits per heavy atom. The second-order valence-electron chi connectivity index (χ2n) is 2.42. The molecule has 66 valence electrons. The zero-order valence-corrected chi connectivity index (χ0v) is 7.60. The molecule has 0 amide bonds. The molecule has 12 heavy (non-hydrogen) atoms. The van der Waals surface area contributed by atoms with Crippen LogP contribution in [-0.2, 0) is 6.42 Å². The third-order valence-corrected chi connectivity index (χ3v) is 2.15. The van der Waals surface area contributed by atoms with E-state index in [9.17, 15) is 4.79 Å². The Kier molecular flexibility index (Phi) is 3.16. The number of nitrogens with zero attached hydrogens (tertiary/aromatic N) is 2. The van der Waals surface area contributed by atoms with Gasteiger partial charge in [-0.15, -0.1) is 0 Å². The highest BCUT2D eigenvalue weighted by Crippen LogP contribution is 2.06. The van der Waals surface area contributed by atoms with E-state index in [0.29, 0.717) is 5.82 Å². The fraction of sp³-hybridized carbons (Fsp3) is 0.571. The minimum atomic E-state index is -0.991. The largest absolute Gasteiger partial charge is 0.476 e. The maximum Gasteiger partial charge on any atom is 0.366 e. The van der Waals surface area contributed by atoms with E-state index in [-0.39, 0.29) is 5.01 Å². The second-order valence-corrected chi connectivity index (χ2v) is 3.18. The molecule has 0 aromatic carbocycles. The zero-order valence-electron chi connectivity index (χ0n) is 6.78. The molecule has 1 aromatic heterocycles. The van der Waals surface area contributed by atoms with Crippen LogP contribution in [0.2, 0.25) is 0 Å². The number of rotatable bonds is 4. The highest BCUT2D eigenvalue weighted by molar-refractivity contribution is 7.07. The average molecular weight is 186 g/mol. The molecule has 1 heterocycles. The van der Waals surface area contributed by atoms with Gasteiger partial charge in [0.15, 0.2) is 0 Å². The van der Waals surface area contributed by atoms with Crippen molar-refractivity contribution in [1.82, 2.24) is 9.36 Å². The lowest BCUT2D eigenvalue weighted by Crippen LogP contribution is -1.95. The first-order valence-electron chi connectivity index (χ1n) is 3.80. The van der Waals surface area contributed by atoms with Crippen LogP contribution in [-0.4, -0.2) is 20.4 Å². The monoisotopic (exact) mass is 186 g/mol. The molecule has 0 fully saturated rings. The van der Waals surface area contributed by atoms with Gasteiger partial charge >= 0.3 is 5.97 Å². The van der Waals surface area contributed by atoms with Crippen molar-refractivity contribution in [2.24, 2.45) is 0 Å². The molecule has 1 rings (SSSR count). The Bertz CT molecular complexity index is 272. The van der Waals surface area contributed by atoms with Crippen LogP contribution < -0.4 is 0 Å². The SMILES string of the molecule is CCCCc1nsc(C(=O)O)n1. The van der Waals surface area contributed by atoms with E-state index in [1.807, 2.05) is 0 Å². The summed E-state index contributed by atoms with van der Waals surface area (Å²) in [6.45, 7) is 2.07. The Balaban J connectivity index is 2.58. The summed E-state index contributed by atoms with van der Waals surface area (Å²) in [5, 5.41) is 8.62. The molecule has 0 spiro atoms. The summed E-state index contributed by atoms with van der Waals surface area (Å²) in [6, 6.07) is 0. The van der Waals surface area contributed by atoms with Crippen LogP contribution in [0.5, 0.6) is 0 Å². The summed E-state index contributed by atoms with van der Waals surface area (Å²) in [5.41, 5.74) is 0. The Morgan fingerprint density at radius 3 is 2.92 bits per heavy atom. The predicted molar refractivity (Wildman–Crippen MR) is 45.5 cm³/mol. The summed E-state index contributed by atoms with van der Waals surface area (Å²) in [4.78, 5) is 14.3. The normalized spacial score (nSPS) is 10.1. The van der Waals surface area contributed by atoms with Crippen LogP contribution in [0, 0.1) is 0 Å². The Labute approximate surface area is 74.4 Å². The van der Waals surface area contributed by atoms with Gasteiger partial charge in [-0.2, -0.15) is 4.37 Å². The number of carboxylic acids is 1. The molecule has 4 nitrogen and oxygen atoms in total. The molecule has 0 bridgehead atoms. The van der Waals surface area contributed by atoms with E-state index < -0.39 is 5.97 Å². The minimum absolute atomic E-state index is 0.0844. The van der Waals surface area contributed by atoms with Gasteiger partial charge in [0.05, 0.1) is 0 Å². The molecular weight excluding hydrogens is 176 g/mol. The van der Waals surface area contributed by atoms with Crippen molar-refractivity contribution >= 4 is 17.5 Å². The van der Waals surface area contributed by atoms with Gasteiger partial charge in [-0.05, 0) is 18.0 Å². The molecule has 0 aliphatic carbocycles. The van der Waals surface area contributed by atoms with Gasteiger partial charge in [-0.25, -0.2) is 9.78 Å². The van der Waals surface area contributed by atoms with Crippen LogP contribution in [0.4, 0.5) is 0 Å². The summed E-state index contributed by atoms with van der Waals surface area (Å²) in [7, 11) is 0. The molecule has 0 saturated carbocycles. The maximum absolute atomic E-state index is 10.4. The van der Waals surface area contributed by atoms with E-state index in [0.717, 1.165) is 30.8 Å². The van der Waals surface area contributed by atoms with E-state index in [4.69, 9.17) is 5.11 Å². The van der Waals surface area contributed by atoms with Crippen molar-refractivity contribution in [3.05, 3.63) is 10.8 Å². The minimum Gasteiger partial charge on any atom is -0.476 e. The lowest BCUT2D eigenvalue weighted by molar-refractivity contribution is 0.0696. The standard InChI is InChI=1S/C7H10N2O2S/c1-2-3-4-5-8-6(7(10)11)12-9-5/h2-4H2,1H3,(H,10,11). The fourth-order valence-corrected chi connectivity index (χ4v) is 1.33. The summed E-state index contributed by atoms with van der Waals surface area (Å²) in [6.07, 6.45) is 2.86. The number of aryl methyl sites for hydroxylation is 1. The Hall–Kier alpha value is -0.970. The topological polar surface area (TPSA) is 63.1 Å². The van der Waals surface area contributed by atoms with Crippen molar-refractivity contribution in [2.75, 3.05) is 0 Å². The third kappa shape index (κ3) is 2.27. The first-order chi connectivity index (χ1) is 5.74. The molecule has 0 radical (unpaired) electrons. The van der Waals surface area contributed by atoms with Gasteiger partial charge in [-0.1, -0.05) is 13.3 Å². The van der Waals surface area contributed by atoms with Crippen molar-refractivity contribution in [2.45, 2.75) is 26.2 Å². The van der Waals surface area contributed by atoms with Gasteiger partial charge in [-0.3, -0.25) is 0 Å². The van der Waals surface area contributed by atoms with Crippen molar-refractivity contribution in [3.8, 4) is 0 Å². The molecule has 0 saturated heterocycles. The molecule has 1 N–H and O–H groups in total. The van der Waals surface area contributed by atoms with Crippen LogP contribution in [0.15, 0.2) is 0 Å². The molecule has 0 atom stereocenters. The third-order valence-electron chi connectivity index (χ3n) is 1.40. The quantitative estimate of drug-likeness (QED) is 0.775. The van der Waals surface area contributed by atoms with Crippen molar-refractivity contribution in [1.29, 1.82) is 0 Å². The number of unbranched alkanes of at least 4 members (excludes halogenated alkanes) is 1. The van der Waals surface area contributed by atoms with E-state index in [1.165, 1.54) is 0 Å². The maximum atomic E-state index is 10.4. The molecular formula is C7H10N2O2S. The van der Waals surface area contributed by atoms with Crippen LogP contribution >= 0.6 is 11.5 Å². The molecule has 0 unspecified atom stereocenters. The van der Waals surface area contributed by atoms with Gasteiger partial charge in [0, 0.05) is 6.42 Å². The average Bonchev–Trinajstić information content (AvgIpc) is 2.48.